The highest BCUT2D eigenvalue weighted by molar-refractivity contribution is 5.72. The van der Waals surface area contributed by atoms with E-state index >= 15 is 0 Å². The van der Waals surface area contributed by atoms with Gasteiger partial charge in [-0.15, -0.1) is 0 Å². The van der Waals surface area contributed by atoms with Gasteiger partial charge in [0, 0.05) is 13.0 Å². The Morgan fingerprint density at radius 1 is 1.60 bits per heavy atom. The van der Waals surface area contributed by atoms with Gasteiger partial charge in [-0.1, -0.05) is 6.92 Å². The van der Waals surface area contributed by atoms with Crippen molar-refractivity contribution in [1.82, 2.24) is 10.6 Å². The summed E-state index contributed by atoms with van der Waals surface area (Å²) in [6, 6.07) is 0.479. The van der Waals surface area contributed by atoms with Crippen LogP contribution >= 0.6 is 0 Å². The molecule has 0 rings (SSSR count). The van der Waals surface area contributed by atoms with E-state index in [0.29, 0.717) is 12.7 Å². The summed E-state index contributed by atoms with van der Waals surface area (Å²) >= 11 is 0. The van der Waals surface area contributed by atoms with E-state index in [4.69, 9.17) is 0 Å². The first-order chi connectivity index (χ1) is 4.66. The lowest BCUT2D eigenvalue weighted by Gasteiger charge is -2.10. The average Bonchev–Trinajstić information content (AvgIpc) is 1.87. The molecule has 0 fully saturated rings. The first-order valence-corrected chi connectivity index (χ1v) is 3.64. The standard InChI is InChI=1S/C7H16N2O/c1-4-6(2)8-5-9-7(3)10/h6,8H,4-5H2,1-3H3,(H,9,10). The summed E-state index contributed by atoms with van der Waals surface area (Å²) in [4.78, 5) is 10.4. The third-order valence-corrected chi connectivity index (χ3v) is 1.40. The second-order valence-electron chi connectivity index (χ2n) is 2.42. The predicted molar refractivity (Wildman–Crippen MR) is 41.6 cm³/mol. The van der Waals surface area contributed by atoms with Crippen LogP contribution < -0.4 is 10.6 Å². The summed E-state index contributed by atoms with van der Waals surface area (Å²) in [5.41, 5.74) is 0. The van der Waals surface area contributed by atoms with Gasteiger partial charge in [0.25, 0.3) is 0 Å². The minimum Gasteiger partial charge on any atom is -0.344 e. The lowest BCUT2D eigenvalue weighted by Crippen LogP contribution is -2.37. The maximum absolute atomic E-state index is 10.4. The summed E-state index contributed by atoms with van der Waals surface area (Å²) in [5.74, 6) is 0.0100. The second kappa shape index (κ2) is 5.23. The molecule has 0 spiro atoms. The molecule has 0 aromatic heterocycles. The van der Waals surface area contributed by atoms with E-state index in [0.717, 1.165) is 6.42 Å². The first-order valence-electron chi connectivity index (χ1n) is 3.64. The molecule has 3 nitrogen and oxygen atoms in total. The zero-order chi connectivity index (χ0) is 7.98. The third kappa shape index (κ3) is 5.56. The maximum Gasteiger partial charge on any atom is 0.217 e. The van der Waals surface area contributed by atoms with E-state index in [1.54, 1.807) is 0 Å². The molecule has 0 heterocycles. The van der Waals surface area contributed by atoms with Gasteiger partial charge in [-0.2, -0.15) is 0 Å². The highest BCUT2D eigenvalue weighted by atomic mass is 16.1. The molecular weight excluding hydrogens is 128 g/mol. The molecule has 0 bridgehead atoms. The summed E-state index contributed by atoms with van der Waals surface area (Å²) in [5, 5.41) is 5.79. The molecule has 0 aliphatic rings. The number of hydrogen-bond donors (Lipinski definition) is 2. The Balaban J connectivity index is 3.11. The number of amides is 1. The normalized spacial score (nSPS) is 12.7. The zero-order valence-electron chi connectivity index (χ0n) is 6.90. The van der Waals surface area contributed by atoms with Gasteiger partial charge >= 0.3 is 0 Å². The van der Waals surface area contributed by atoms with E-state index < -0.39 is 0 Å². The van der Waals surface area contributed by atoms with Gasteiger partial charge < -0.3 is 5.32 Å². The SMILES string of the molecule is CCC(C)NCNC(C)=O. The smallest absolute Gasteiger partial charge is 0.217 e. The van der Waals surface area contributed by atoms with Crippen LogP contribution in [0.25, 0.3) is 0 Å². The van der Waals surface area contributed by atoms with Crippen LogP contribution in [-0.4, -0.2) is 18.6 Å². The molecular formula is C7H16N2O. The van der Waals surface area contributed by atoms with Gasteiger partial charge in [-0.05, 0) is 13.3 Å². The number of carbonyl (C=O) groups is 1. The van der Waals surface area contributed by atoms with Crippen LogP contribution in [0.4, 0.5) is 0 Å². The van der Waals surface area contributed by atoms with Gasteiger partial charge in [-0.3, -0.25) is 10.1 Å². The van der Waals surface area contributed by atoms with Gasteiger partial charge in [0.05, 0.1) is 6.67 Å². The van der Waals surface area contributed by atoms with Gasteiger partial charge in [0.15, 0.2) is 0 Å². The number of nitrogens with one attached hydrogen (secondary N) is 2. The summed E-state index contributed by atoms with van der Waals surface area (Å²) in [6.07, 6.45) is 1.08. The molecule has 1 amide bonds. The van der Waals surface area contributed by atoms with E-state index in [-0.39, 0.29) is 5.91 Å². The summed E-state index contributed by atoms with van der Waals surface area (Å²) in [6.45, 7) is 6.27. The number of carbonyl (C=O) groups excluding carboxylic acids is 1. The largest absolute Gasteiger partial charge is 0.344 e. The Hall–Kier alpha value is -0.570. The van der Waals surface area contributed by atoms with Crippen molar-refractivity contribution >= 4 is 5.91 Å². The van der Waals surface area contributed by atoms with E-state index in [2.05, 4.69) is 24.5 Å². The Bertz CT molecular complexity index is 104. The van der Waals surface area contributed by atoms with Gasteiger partial charge in [0.2, 0.25) is 5.91 Å². The Morgan fingerprint density at radius 3 is 2.60 bits per heavy atom. The van der Waals surface area contributed by atoms with E-state index in [9.17, 15) is 4.79 Å². The van der Waals surface area contributed by atoms with Crippen LogP contribution in [0, 0.1) is 0 Å². The van der Waals surface area contributed by atoms with Crippen LogP contribution in [0.2, 0.25) is 0 Å². The minimum absolute atomic E-state index is 0.0100. The Kier molecular flexibility index (Phi) is 4.94. The average molecular weight is 144 g/mol. The first kappa shape index (κ1) is 9.43. The van der Waals surface area contributed by atoms with Crippen molar-refractivity contribution in [3.05, 3.63) is 0 Å². The lowest BCUT2D eigenvalue weighted by atomic mass is 10.3. The highest BCUT2D eigenvalue weighted by Crippen LogP contribution is 1.84. The van der Waals surface area contributed by atoms with Crippen molar-refractivity contribution in [2.24, 2.45) is 0 Å². The minimum atomic E-state index is 0.0100. The van der Waals surface area contributed by atoms with Crippen molar-refractivity contribution in [3.8, 4) is 0 Å². The van der Waals surface area contributed by atoms with Gasteiger partial charge in [0.1, 0.15) is 0 Å². The molecule has 60 valence electrons. The molecule has 0 aromatic carbocycles. The van der Waals surface area contributed by atoms with Crippen LogP contribution in [-0.2, 0) is 4.79 Å². The van der Waals surface area contributed by atoms with E-state index in [1.165, 1.54) is 6.92 Å². The molecule has 2 N–H and O–H groups in total. The van der Waals surface area contributed by atoms with Crippen molar-refractivity contribution in [2.45, 2.75) is 33.2 Å². The molecule has 0 saturated heterocycles. The molecule has 0 saturated carbocycles. The molecule has 0 aliphatic carbocycles. The van der Waals surface area contributed by atoms with Crippen LogP contribution in [0.3, 0.4) is 0 Å². The van der Waals surface area contributed by atoms with E-state index in [1.807, 2.05) is 0 Å². The Morgan fingerprint density at radius 2 is 2.20 bits per heavy atom. The Labute approximate surface area is 62.2 Å². The lowest BCUT2D eigenvalue weighted by molar-refractivity contribution is -0.119. The van der Waals surface area contributed by atoms with Crippen LogP contribution in [0.5, 0.6) is 0 Å². The zero-order valence-corrected chi connectivity index (χ0v) is 6.90. The molecule has 0 aliphatic heterocycles. The fraction of sp³-hybridized carbons (Fsp3) is 0.857. The van der Waals surface area contributed by atoms with Crippen LogP contribution in [0.1, 0.15) is 27.2 Å². The number of hydrogen-bond acceptors (Lipinski definition) is 2. The summed E-state index contributed by atoms with van der Waals surface area (Å²) < 4.78 is 0. The second-order valence-corrected chi connectivity index (χ2v) is 2.42. The van der Waals surface area contributed by atoms with Crippen molar-refractivity contribution in [3.63, 3.8) is 0 Å². The molecule has 10 heavy (non-hydrogen) atoms. The van der Waals surface area contributed by atoms with Gasteiger partial charge in [-0.25, -0.2) is 0 Å². The van der Waals surface area contributed by atoms with Crippen molar-refractivity contribution in [2.75, 3.05) is 6.67 Å². The van der Waals surface area contributed by atoms with Crippen molar-refractivity contribution < 1.29 is 4.79 Å². The monoisotopic (exact) mass is 144 g/mol. The molecule has 3 heteroatoms. The summed E-state index contributed by atoms with van der Waals surface area (Å²) in [7, 11) is 0. The molecule has 0 radical (unpaired) electrons. The third-order valence-electron chi connectivity index (χ3n) is 1.40. The fourth-order valence-electron chi connectivity index (χ4n) is 0.494. The molecule has 1 unspecified atom stereocenters. The van der Waals surface area contributed by atoms with Crippen LogP contribution in [0.15, 0.2) is 0 Å². The molecule has 1 atom stereocenters. The quantitative estimate of drug-likeness (QED) is 0.563. The van der Waals surface area contributed by atoms with Crippen molar-refractivity contribution in [1.29, 1.82) is 0 Å². The maximum atomic E-state index is 10.4. The number of rotatable bonds is 4. The fourth-order valence-corrected chi connectivity index (χ4v) is 0.494. The molecule has 0 aromatic rings. The predicted octanol–water partition coefficient (Wildman–Crippen LogP) is 0.468. The highest BCUT2D eigenvalue weighted by Gasteiger charge is 1.95. The topological polar surface area (TPSA) is 41.1 Å².